The Hall–Kier alpha value is -0.120. The Morgan fingerprint density at radius 1 is 1.11 bits per heavy atom. The first-order valence-electron chi connectivity index (χ1n) is 2.11. The van der Waals surface area contributed by atoms with Crippen LogP contribution in [0.3, 0.4) is 0 Å². The van der Waals surface area contributed by atoms with E-state index in [2.05, 4.69) is 0 Å². The van der Waals surface area contributed by atoms with Gasteiger partial charge in [-0.25, -0.2) is 0 Å². The van der Waals surface area contributed by atoms with Gasteiger partial charge in [0.25, 0.3) is 0 Å². The predicted octanol–water partition coefficient (Wildman–Crippen LogP) is -0.651. The largest absolute Gasteiger partial charge is 1.00 e. The fourth-order valence-electron chi connectivity index (χ4n) is 0. The van der Waals surface area contributed by atoms with Gasteiger partial charge in [-0.15, -0.1) is 0 Å². The van der Waals surface area contributed by atoms with Gasteiger partial charge in [0.05, 0.1) is 0 Å². The number of hydrogen-bond acceptors (Lipinski definition) is 3. The molecule has 0 aliphatic rings. The van der Waals surface area contributed by atoms with E-state index in [0.717, 1.165) is 6.92 Å². The van der Waals surface area contributed by atoms with Gasteiger partial charge in [-0.2, -0.15) is 0 Å². The maximum absolute atomic E-state index is 9.44. The maximum atomic E-state index is 9.44. The molecule has 0 aromatic heterocycles. The summed E-state index contributed by atoms with van der Waals surface area (Å²) in [7, 11) is 0. The van der Waals surface area contributed by atoms with E-state index in [1.165, 1.54) is 13.8 Å². The number of Topliss-reactive ketones (excluding diaryl/α,β-unsaturated/α-hetero) is 1. The molecule has 0 aliphatic carbocycles. The molecule has 0 spiro atoms. The zero-order valence-corrected chi connectivity index (χ0v) is 7.01. The van der Waals surface area contributed by atoms with Crippen LogP contribution in [0.2, 0.25) is 0 Å². The second kappa shape index (κ2) is 10.8. The third kappa shape index (κ3) is 19000. The minimum Gasteiger partial charge on any atom is -0.550 e. The summed E-state index contributed by atoms with van der Waals surface area (Å²) in [4.78, 5) is 18.3. The number of carboxylic acids is 1. The Morgan fingerprint density at radius 2 is 1.11 bits per heavy atom. The van der Waals surface area contributed by atoms with Gasteiger partial charge in [-0.3, -0.25) is 0 Å². The second-order valence-electron chi connectivity index (χ2n) is 1.40. The van der Waals surface area contributed by atoms with Crippen molar-refractivity contribution >= 4 is 11.8 Å². The van der Waals surface area contributed by atoms with Crippen LogP contribution in [0.5, 0.6) is 0 Å². The SMILES string of the molecule is CC(=O)[O-].CC(C)=O.[Ag+]. The van der Waals surface area contributed by atoms with Crippen LogP contribution in [-0.2, 0) is 32.0 Å². The van der Waals surface area contributed by atoms with Gasteiger partial charge in [0.2, 0.25) is 0 Å². The van der Waals surface area contributed by atoms with E-state index in [0.29, 0.717) is 0 Å². The van der Waals surface area contributed by atoms with Crippen molar-refractivity contribution < 1.29 is 37.1 Å². The summed E-state index contributed by atoms with van der Waals surface area (Å²) >= 11 is 0. The van der Waals surface area contributed by atoms with Crippen LogP contribution in [0, 0.1) is 0 Å². The second-order valence-corrected chi connectivity index (χ2v) is 1.40. The van der Waals surface area contributed by atoms with Crippen molar-refractivity contribution in [2.24, 2.45) is 0 Å². The number of carboxylic acid groups (broad SMARTS) is 1. The van der Waals surface area contributed by atoms with Gasteiger partial charge in [0, 0.05) is 5.97 Å². The molecule has 9 heavy (non-hydrogen) atoms. The molecule has 4 heteroatoms. The van der Waals surface area contributed by atoms with Crippen LogP contribution in [0.1, 0.15) is 20.8 Å². The number of aliphatic carboxylic acids is 1. The van der Waals surface area contributed by atoms with Crippen molar-refractivity contribution in [3.63, 3.8) is 0 Å². The molecule has 0 fully saturated rings. The Bertz CT molecular complexity index is 70.2. The quantitative estimate of drug-likeness (QED) is 0.514. The molecule has 0 bridgehead atoms. The molecule has 0 heterocycles. The smallest absolute Gasteiger partial charge is 0.550 e. The Morgan fingerprint density at radius 3 is 1.11 bits per heavy atom. The number of ketones is 1. The predicted molar refractivity (Wildman–Crippen MR) is 27.0 cm³/mol. The van der Waals surface area contributed by atoms with Gasteiger partial charge < -0.3 is 14.7 Å². The Labute approximate surface area is 70.0 Å². The molecule has 0 rings (SSSR count). The third-order valence-corrected chi connectivity index (χ3v) is 0. The molecule has 58 valence electrons. The summed E-state index contributed by atoms with van der Waals surface area (Å²) in [6.07, 6.45) is 0. The van der Waals surface area contributed by atoms with Crippen molar-refractivity contribution in [1.29, 1.82) is 0 Å². The van der Waals surface area contributed by atoms with Crippen LogP contribution in [-0.4, -0.2) is 11.8 Å². The van der Waals surface area contributed by atoms with Crippen molar-refractivity contribution in [3.8, 4) is 0 Å². The van der Waals surface area contributed by atoms with E-state index in [1.807, 2.05) is 0 Å². The first-order valence-corrected chi connectivity index (χ1v) is 2.11. The van der Waals surface area contributed by atoms with Gasteiger partial charge in [-0.05, 0) is 20.8 Å². The first-order chi connectivity index (χ1) is 3.46. The summed E-state index contributed by atoms with van der Waals surface area (Å²) in [6, 6.07) is 0. The topological polar surface area (TPSA) is 57.2 Å². The summed E-state index contributed by atoms with van der Waals surface area (Å²) < 4.78 is 0. The van der Waals surface area contributed by atoms with Crippen molar-refractivity contribution in [1.82, 2.24) is 0 Å². The maximum Gasteiger partial charge on any atom is 1.00 e. The first kappa shape index (κ1) is 15.9. The van der Waals surface area contributed by atoms with E-state index in [4.69, 9.17) is 9.90 Å². The van der Waals surface area contributed by atoms with Crippen LogP contribution >= 0.6 is 0 Å². The molecule has 0 atom stereocenters. The molecule has 0 aromatic rings. The third-order valence-electron chi connectivity index (χ3n) is 0. The number of carbonyl (C=O) groups excluding carboxylic acids is 2. The molecule has 0 saturated carbocycles. The fraction of sp³-hybridized carbons (Fsp3) is 0.600. The summed E-state index contributed by atoms with van der Waals surface area (Å²) in [5, 5.41) is 8.89. The zero-order valence-electron chi connectivity index (χ0n) is 5.53. The molecule has 0 saturated heterocycles. The van der Waals surface area contributed by atoms with E-state index >= 15 is 0 Å². The Kier molecular flexibility index (Phi) is 19.1. The van der Waals surface area contributed by atoms with Gasteiger partial charge in [0.1, 0.15) is 5.78 Å². The molecule has 0 unspecified atom stereocenters. The average Bonchev–Trinajstić information content (AvgIpc) is 1.25. The molecule has 0 N–H and O–H groups in total. The average molecular weight is 225 g/mol. The number of hydrogen-bond donors (Lipinski definition) is 0. The standard InChI is InChI=1S/C3H6O.C2H4O2.Ag/c1-3(2)4;1-2(3)4;/h1-2H3;1H3,(H,3,4);/q;;+1/p-1. The monoisotopic (exact) mass is 224 g/mol. The zero-order chi connectivity index (χ0) is 7.15. The summed E-state index contributed by atoms with van der Waals surface area (Å²) in [6.45, 7) is 4.03. The molecule has 0 aliphatic heterocycles. The normalized spacial score (nSPS) is 5.67. The van der Waals surface area contributed by atoms with E-state index in [9.17, 15) is 4.79 Å². The van der Waals surface area contributed by atoms with Crippen LogP contribution in [0.15, 0.2) is 0 Å². The van der Waals surface area contributed by atoms with Gasteiger partial charge in [-0.1, -0.05) is 0 Å². The summed E-state index contributed by atoms with van der Waals surface area (Å²) in [5.74, 6) is -0.917. The molecule has 0 aromatic carbocycles. The molecule has 3 nitrogen and oxygen atoms in total. The van der Waals surface area contributed by atoms with Gasteiger partial charge >= 0.3 is 22.4 Å². The van der Waals surface area contributed by atoms with Crippen LogP contribution < -0.4 is 5.11 Å². The molecule has 0 amide bonds. The van der Waals surface area contributed by atoms with E-state index in [-0.39, 0.29) is 28.2 Å². The molecule has 0 radical (unpaired) electrons. The minimum atomic E-state index is -1.08. The summed E-state index contributed by atoms with van der Waals surface area (Å²) in [5.41, 5.74) is 0. The fourth-order valence-corrected chi connectivity index (χ4v) is 0. The minimum absolute atomic E-state index is 0. The van der Waals surface area contributed by atoms with Crippen molar-refractivity contribution in [3.05, 3.63) is 0 Å². The molecular weight excluding hydrogens is 216 g/mol. The van der Waals surface area contributed by atoms with Gasteiger partial charge in [0.15, 0.2) is 0 Å². The number of rotatable bonds is 0. The van der Waals surface area contributed by atoms with Crippen LogP contribution in [0.4, 0.5) is 0 Å². The van der Waals surface area contributed by atoms with E-state index < -0.39 is 5.97 Å². The van der Waals surface area contributed by atoms with Crippen molar-refractivity contribution in [2.75, 3.05) is 0 Å². The molecular formula is C5H9AgO3. The van der Waals surface area contributed by atoms with Crippen molar-refractivity contribution in [2.45, 2.75) is 20.8 Å². The van der Waals surface area contributed by atoms with Crippen LogP contribution in [0.25, 0.3) is 0 Å². The number of carbonyl (C=O) groups is 2. The Balaban J connectivity index is -0.0000000720. The van der Waals surface area contributed by atoms with E-state index in [1.54, 1.807) is 0 Å².